The van der Waals surface area contributed by atoms with Crippen LogP contribution in [0.2, 0.25) is 0 Å². The standard InChI is InChI=1S/C9H13BrN2O2S2/c10-8-6-11-9(15-8)7-12-2-1-4-16(13,14)5-3-12/h6H,1-5,7H2. The first kappa shape index (κ1) is 12.5. The molecule has 0 spiro atoms. The van der Waals surface area contributed by atoms with Crippen molar-refractivity contribution in [2.45, 2.75) is 13.0 Å². The van der Waals surface area contributed by atoms with E-state index in [1.807, 2.05) is 0 Å². The summed E-state index contributed by atoms with van der Waals surface area (Å²) in [5.74, 6) is 0.602. The van der Waals surface area contributed by atoms with Gasteiger partial charge in [0.15, 0.2) is 9.84 Å². The van der Waals surface area contributed by atoms with Gasteiger partial charge in [0.2, 0.25) is 0 Å². The summed E-state index contributed by atoms with van der Waals surface area (Å²) in [6.07, 6.45) is 2.52. The van der Waals surface area contributed by atoms with Crippen LogP contribution in [0.1, 0.15) is 11.4 Å². The second-order valence-corrected chi connectivity index (χ2v) is 8.64. The Kier molecular flexibility index (Phi) is 3.99. The number of nitrogens with zero attached hydrogens (tertiary/aromatic N) is 2. The van der Waals surface area contributed by atoms with Crippen molar-refractivity contribution in [2.24, 2.45) is 0 Å². The third kappa shape index (κ3) is 3.51. The molecule has 0 aliphatic carbocycles. The van der Waals surface area contributed by atoms with Gasteiger partial charge in [0.25, 0.3) is 0 Å². The zero-order chi connectivity index (χ0) is 11.6. The van der Waals surface area contributed by atoms with Gasteiger partial charge in [0.1, 0.15) is 5.01 Å². The van der Waals surface area contributed by atoms with Crippen molar-refractivity contribution < 1.29 is 8.42 Å². The fourth-order valence-electron chi connectivity index (χ4n) is 1.70. The lowest BCUT2D eigenvalue weighted by molar-refractivity contribution is 0.287. The van der Waals surface area contributed by atoms with Crippen LogP contribution in [0.3, 0.4) is 0 Å². The van der Waals surface area contributed by atoms with Crippen LogP contribution in [-0.2, 0) is 16.4 Å². The van der Waals surface area contributed by atoms with E-state index in [1.165, 1.54) is 0 Å². The van der Waals surface area contributed by atoms with E-state index in [1.54, 1.807) is 17.5 Å². The zero-order valence-electron chi connectivity index (χ0n) is 8.73. The van der Waals surface area contributed by atoms with Gasteiger partial charge in [-0.3, -0.25) is 4.90 Å². The van der Waals surface area contributed by atoms with Crippen LogP contribution in [0.25, 0.3) is 0 Å². The molecule has 1 fully saturated rings. The van der Waals surface area contributed by atoms with Gasteiger partial charge < -0.3 is 0 Å². The van der Waals surface area contributed by atoms with E-state index in [0.717, 1.165) is 28.3 Å². The molecule has 2 heterocycles. The molecule has 0 N–H and O–H groups in total. The van der Waals surface area contributed by atoms with Gasteiger partial charge in [0, 0.05) is 6.54 Å². The van der Waals surface area contributed by atoms with Gasteiger partial charge in [-0.1, -0.05) is 0 Å². The third-order valence-electron chi connectivity index (χ3n) is 2.53. The molecule has 2 rings (SSSR count). The van der Waals surface area contributed by atoms with E-state index in [4.69, 9.17) is 0 Å². The minimum Gasteiger partial charge on any atom is -0.296 e. The molecule has 0 bridgehead atoms. The van der Waals surface area contributed by atoms with Crippen molar-refractivity contribution in [3.05, 3.63) is 15.0 Å². The Bertz CT molecular complexity index is 458. The van der Waals surface area contributed by atoms with Gasteiger partial charge in [-0.25, -0.2) is 13.4 Å². The Morgan fingerprint density at radius 1 is 1.44 bits per heavy atom. The van der Waals surface area contributed by atoms with Crippen LogP contribution >= 0.6 is 27.3 Å². The highest BCUT2D eigenvalue weighted by Gasteiger charge is 2.19. The molecular formula is C9H13BrN2O2S2. The monoisotopic (exact) mass is 324 g/mol. The van der Waals surface area contributed by atoms with Gasteiger partial charge in [-0.2, -0.15) is 0 Å². The number of hydrogen-bond donors (Lipinski definition) is 0. The smallest absolute Gasteiger partial charge is 0.151 e. The molecule has 0 atom stereocenters. The van der Waals surface area contributed by atoms with Crippen LogP contribution < -0.4 is 0 Å². The predicted molar refractivity (Wildman–Crippen MR) is 68.4 cm³/mol. The van der Waals surface area contributed by atoms with E-state index < -0.39 is 9.84 Å². The molecule has 0 saturated carbocycles. The summed E-state index contributed by atoms with van der Waals surface area (Å²) < 4.78 is 23.9. The molecule has 0 aromatic carbocycles. The summed E-state index contributed by atoms with van der Waals surface area (Å²) in [7, 11) is -2.81. The Labute approximate surface area is 108 Å². The topological polar surface area (TPSA) is 50.3 Å². The number of aromatic nitrogens is 1. The van der Waals surface area contributed by atoms with Crippen molar-refractivity contribution in [1.29, 1.82) is 0 Å². The van der Waals surface area contributed by atoms with E-state index in [2.05, 4.69) is 25.8 Å². The number of thiazole rings is 1. The van der Waals surface area contributed by atoms with Crippen molar-refractivity contribution in [3.63, 3.8) is 0 Å². The van der Waals surface area contributed by atoms with Gasteiger partial charge in [-0.05, 0) is 28.9 Å². The summed E-state index contributed by atoms with van der Waals surface area (Å²) in [6.45, 7) is 2.22. The molecule has 0 unspecified atom stereocenters. The van der Waals surface area contributed by atoms with Gasteiger partial charge in [0.05, 0.1) is 28.0 Å². The van der Waals surface area contributed by atoms with E-state index in [9.17, 15) is 8.42 Å². The maximum Gasteiger partial charge on any atom is 0.151 e. The summed E-state index contributed by atoms with van der Waals surface area (Å²) in [5.41, 5.74) is 0. The highest BCUT2D eigenvalue weighted by atomic mass is 79.9. The van der Waals surface area contributed by atoms with E-state index >= 15 is 0 Å². The second-order valence-electron chi connectivity index (χ2n) is 3.84. The van der Waals surface area contributed by atoms with E-state index in [0.29, 0.717) is 12.3 Å². The molecule has 1 aromatic heterocycles. The lowest BCUT2D eigenvalue weighted by Gasteiger charge is -2.16. The highest BCUT2D eigenvalue weighted by molar-refractivity contribution is 9.11. The summed E-state index contributed by atoms with van der Waals surface area (Å²) in [5, 5.41) is 1.03. The summed E-state index contributed by atoms with van der Waals surface area (Å²) in [4.78, 5) is 6.42. The molecular weight excluding hydrogens is 312 g/mol. The van der Waals surface area contributed by atoms with Crippen LogP contribution in [-0.4, -0.2) is 42.9 Å². The average Bonchev–Trinajstić information content (AvgIpc) is 2.52. The first-order valence-electron chi connectivity index (χ1n) is 5.08. The Morgan fingerprint density at radius 2 is 2.25 bits per heavy atom. The molecule has 4 nitrogen and oxygen atoms in total. The van der Waals surface area contributed by atoms with Crippen LogP contribution in [0.15, 0.2) is 9.98 Å². The lowest BCUT2D eigenvalue weighted by atomic mass is 10.4. The molecule has 16 heavy (non-hydrogen) atoms. The number of hydrogen-bond acceptors (Lipinski definition) is 5. The van der Waals surface area contributed by atoms with Crippen molar-refractivity contribution in [3.8, 4) is 0 Å². The Balaban J connectivity index is 1.96. The fraction of sp³-hybridized carbons (Fsp3) is 0.667. The number of sulfone groups is 1. The van der Waals surface area contributed by atoms with Crippen LogP contribution in [0.4, 0.5) is 0 Å². The number of rotatable bonds is 2. The quantitative estimate of drug-likeness (QED) is 0.827. The predicted octanol–water partition coefficient (Wildman–Crippen LogP) is 1.53. The van der Waals surface area contributed by atoms with Crippen molar-refractivity contribution in [2.75, 3.05) is 24.6 Å². The first-order chi connectivity index (χ1) is 7.55. The third-order valence-corrected chi connectivity index (χ3v) is 5.71. The fourth-order valence-corrected chi connectivity index (χ4v) is 4.36. The maximum atomic E-state index is 11.4. The van der Waals surface area contributed by atoms with Crippen LogP contribution in [0, 0.1) is 0 Å². The van der Waals surface area contributed by atoms with Gasteiger partial charge in [-0.15, -0.1) is 11.3 Å². The SMILES string of the molecule is O=S1(=O)CCCN(Cc2ncc(Br)s2)CC1. The van der Waals surface area contributed by atoms with Crippen molar-refractivity contribution in [1.82, 2.24) is 9.88 Å². The Morgan fingerprint density at radius 3 is 2.94 bits per heavy atom. The zero-order valence-corrected chi connectivity index (χ0v) is 11.9. The highest BCUT2D eigenvalue weighted by Crippen LogP contribution is 2.20. The Hall–Kier alpha value is 0.0200. The minimum atomic E-state index is -2.81. The second kappa shape index (κ2) is 5.12. The molecule has 1 aliphatic heterocycles. The van der Waals surface area contributed by atoms with Gasteiger partial charge >= 0.3 is 0 Å². The molecule has 0 amide bonds. The normalized spacial score (nSPS) is 21.8. The molecule has 7 heteroatoms. The largest absolute Gasteiger partial charge is 0.296 e. The van der Waals surface area contributed by atoms with E-state index in [-0.39, 0.29) is 5.75 Å². The molecule has 0 radical (unpaired) electrons. The lowest BCUT2D eigenvalue weighted by Crippen LogP contribution is -2.26. The first-order valence-corrected chi connectivity index (χ1v) is 8.51. The maximum absolute atomic E-state index is 11.4. The number of halogens is 1. The molecule has 1 aliphatic rings. The molecule has 90 valence electrons. The minimum absolute atomic E-state index is 0.277. The van der Waals surface area contributed by atoms with Crippen molar-refractivity contribution >= 4 is 37.1 Å². The average molecular weight is 325 g/mol. The molecule has 1 aromatic rings. The molecule has 1 saturated heterocycles. The van der Waals surface area contributed by atoms with Crippen LogP contribution in [0.5, 0.6) is 0 Å². The summed E-state index contributed by atoms with van der Waals surface area (Å²) in [6, 6.07) is 0. The summed E-state index contributed by atoms with van der Waals surface area (Å²) >= 11 is 4.97.